The second kappa shape index (κ2) is 6.27. The normalized spacial score (nSPS) is 11.8. The number of rotatable bonds is 3. The largest absolute Gasteiger partial charge is 0.338 e. The summed E-state index contributed by atoms with van der Waals surface area (Å²) in [5.41, 5.74) is 2.37. The van der Waals surface area contributed by atoms with Gasteiger partial charge in [0.2, 0.25) is 10.0 Å². The first kappa shape index (κ1) is 17.9. The molecule has 0 saturated carbocycles. The Kier molecular flexibility index (Phi) is 4.00. The molecule has 0 aliphatic rings. The molecule has 2 aromatic heterocycles. The van der Waals surface area contributed by atoms with Crippen molar-refractivity contribution in [2.45, 2.75) is 6.92 Å². The molecule has 9 nitrogen and oxygen atoms in total. The average Bonchev–Trinajstić information content (AvgIpc) is 3.03. The van der Waals surface area contributed by atoms with Crippen molar-refractivity contribution in [2.24, 2.45) is 0 Å². The minimum absolute atomic E-state index is 0.183. The first-order valence-electron chi connectivity index (χ1n) is 8.22. The van der Waals surface area contributed by atoms with Gasteiger partial charge in [0.25, 0.3) is 11.5 Å². The van der Waals surface area contributed by atoms with Crippen molar-refractivity contribution in [2.75, 3.05) is 6.26 Å². The van der Waals surface area contributed by atoms with Gasteiger partial charge in [-0.2, -0.15) is 0 Å². The summed E-state index contributed by atoms with van der Waals surface area (Å²) in [7, 11) is -3.65. The molecule has 0 radical (unpaired) electrons. The van der Waals surface area contributed by atoms with Crippen LogP contribution in [0.4, 0.5) is 0 Å². The van der Waals surface area contributed by atoms with E-state index < -0.39 is 15.9 Å². The van der Waals surface area contributed by atoms with Crippen molar-refractivity contribution in [3.05, 3.63) is 58.1 Å². The minimum Gasteiger partial charge on any atom is -0.338 e. The highest BCUT2D eigenvalue weighted by Gasteiger charge is 2.14. The number of hydrogen-bond donors (Lipinski definition) is 3. The monoisotopic (exact) mass is 397 g/mol. The summed E-state index contributed by atoms with van der Waals surface area (Å²) in [5, 5.41) is 0.441. The predicted molar refractivity (Wildman–Crippen MR) is 104 cm³/mol. The summed E-state index contributed by atoms with van der Waals surface area (Å²) in [4.78, 5) is 38.7. The molecule has 142 valence electrons. The molecule has 0 spiro atoms. The lowest BCUT2D eigenvalue weighted by Gasteiger charge is -2.02. The van der Waals surface area contributed by atoms with E-state index in [0.29, 0.717) is 39.1 Å². The fourth-order valence-electron chi connectivity index (χ4n) is 2.92. The van der Waals surface area contributed by atoms with Gasteiger partial charge in [0.05, 0.1) is 28.2 Å². The van der Waals surface area contributed by atoms with Gasteiger partial charge in [-0.25, -0.2) is 23.1 Å². The molecule has 2 aromatic carbocycles. The smallest absolute Gasteiger partial charge is 0.264 e. The molecule has 4 aromatic rings. The summed E-state index contributed by atoms with van der Waals surface area (Å²) < 4.78 is 24.4. The zero-order valence-electron chi connectivity index (χ0n) is 14.9. The van der Waals surface area contributed by atoms with Crippen LogP contribution in [0.2, 0.25) is 0 Å². The summed E-state index contributed by atoms with van der Waals surface area (Å²) in [6.07, 6.45) is 0.912. The highest BCUT2D eigenvalue weighted by atomic mass is 32.2. The Hall–Kier alpha value is -3.53. The molecule has 2 heterocycles. The van der Waals surface area contributed by atoms with E-state index in [1.54, 1.807) is 31.2 Å². The fourth-order valence-corrected chi connectivity index (χ4v) is 3.37. The van der Waals surface area contributed by atoms with Crippen molar-refractivity contribution >= 4 is 37.9 Å². The lowest BCUT2D eigenvalue weighted by atomic mass is 10.1. The number of nitrogens with one attached hydrogen (secondary N) is 3. The quantitative estimate of drug-likeness (QED) is 0.479. The molecule has 0 bridgehead atoms. The van der Waals surface area contributed by atoms with Gasteiger partial charge in [-0.1, -0.05) is 0 Å². The highest BCUT2D eigenvalue weighted by Crippen LogP contribution is 2.23. The van der Waals surface area contributed by atoms with Crippen LogP contribution in [-0.4, -0.2) is 40.5 Å². The number of carbonyl (C=O) groups is 1. The fraction of sp³-hybridized carbons (Fsp3) is 0.111. The molecule has 0 aliphatic heterocycles. The van der Waals surface area contributed by atoms with E-state index in [0.717, 1.165) is 6.26 Å². The second-order valence-corrected chi connectivity index (χ2v) is 8.15. The Bertz CT molecular complexity index is 1420. The number of aromatic nitrogens is 4. The van der Waals surface area contributed by atoms with Crippen molar-refractivity contribution < 1.29 is 13.2 Å². The van der Waals surface area contributed by atoms with E-state index in [1.165, 1.54) is 12.1 Å². The summed E-state index contributed by atoms with van der Waals surface area (Å²) >= 11 is 0. The molecule has 0 fully saturated rings. The third-order valence-electron chi connectivity index (χ3n) is 4.12. The van der Waals surface area contributed by atoms with Gasteiger partial charge in [0.15, 0.2) is 0 Å². The van der Waals surface area contributed by atoms with Gasteiger partial charge < -0.3 is 9.97 Å². The number of aromatic amines is 2. The van der Waals surface area contributed by atoms with E-state index >= 15 is 0 Å². The summed E-state index contributed by atoms with van der Waals surface area (Å²) in [6, 6.07) is 9.85. The lowest BCUT2D eigenvalue weighted by molar-refractivity contribution is 0.0982. The number of aryl methyl sites for hydroxylation is 1. The maximum Gasteiger partial charge on any atom is 0.264 e. The van der Waals surface area contributed by atoms with Gasteiger partial charge in [-0.15, -0.1) is 0 Å². The summed E-state index contributed by atoms with van der Waals surface area (Å²) in [6.45, 7) is 1.71. The third kappa shape index (κ3) is 3.37. The van der Waals surface area contributed by atoms with Crippen molar-refractivity contribution in [3.8, 4) is 11.4 Å². The van der Waals surface area contributed by atoms with Crippen molar-refractivity contribution in [1.82, 2.24) is 24.7 Å². The molecule has 28 heavy (non-hydrogen) atoms. The third-order valence-corrected chi connectivity index (χ3v) is 4.68. The number of benzene rings is 2. The molecule has 0 atom stereocenters. The number of nitrogens with zero attached hydrogens (tertiary/aromatic N) is 2. The topological polar surface area (TPSA) is 138 Å². The standard InChI is InChI=1S/C18H15N5O4S/c1-9-19-13-5-3-10(7-12(13)18(25)20-9)16-21-14-6-4-11(8-15(14)22-16)17(24)23-28(2,26)27/h3-8H,1-2H3,(H,21,22)(H,23,24)(H,19,20,25). The maximum absolute atomic E-state index is 12.2. The van der Waals surface area contributed by atoms with E-state index in [-0.39, 0.29) is 11.1 Å². The Balaban J connectivity index is 1.77. The van der Waals surface area contributed by atoms with Crippen LogP contribution >= 0.6 is 0 Å². The van der Waals surface area contributed by atoms with Crippen LogP contribution in [0, 0.1) is 6.92 Å². The summed E-state index contributed by atoms with van der Waals surface area (Å²) in [5.74, 6) is 0.325. The number of fused-ring (bicyclic) bond motifs is 2. The van der Waals surface area contributed by atoms with E-state index in [9.17, 15) is 18.0 Å². The number of sulfonamides is 1. The molecule has 0 saturated heterocycles. The Morgan fingerprint density at radius 3 is 2.54 bits per heavy atom. The molecule has 3 N–H and O–H groups in total. The van der Waals surface area contributed by atoms with Gasteiger partial charge in [0.1, 0.15) is 11.6 Å². The number of H-pyrrole nitrogens is 2. The zero-order chi connectivity index (χ0) is 20.1. The van der Waals surface area contributed by atoms with Crippen LogP contribution in [0.5, 0.6) is 0 Å². The maximum atomic E-state index is 12.2. The average molecular weight is 397 g/mol. The van der Waals surface area contributed by atoms with Gasteiger partial charge >= 0.3 is 0 Å². The number of carbonyl (C=O) groups excluding carboxylic acids is 1. The Morgan fingerprint density at radius 2 is 1.79 bits per heavy atom. The van der Waals surface area contributed by atoms with Crippen LogP contribution in [-0.2, 0) is 10.0 Å². The molecule has 1 amide bonds. The zero-order valence-corrected chi connectivity index (χ0v) is 15.7. The molecule has 4 rings (SSSR count). The van der Waals surface area contributed by atoms with Gasteiger partial charge in [0, 0.05) is 11.1 Å². The van der Waals surface area contributed by atoms with Crippen LogP contribution < -0.4 is 10.3 Å². The van der Waals surface area contributed by atoms with Gasteiger partial charge in [-0.05, 0) is 43.3 Å². The van der Waals surface area contributed by atoms with Crippen LogP contribution in [0.25, 0.3) is 33.3 Å². The van der Waals surface area contributed by atoms with Crippen molar-refractivity contribution in [3.63, 3.8) is 0 Å². The first-order valence-corrected chi connectivity index (χ1v) is 10.1. The molecule has 0 aliphatic carbocycles. The SMILES string of the molecule is Cc1nc2ccc(-c3nc4ccc(C(=O)NS(C)(=O)=O)cc4[nH]3)cc2c(=O)[nH]1. The number of hydrogen-bond acceptors (Lipinski definition) is 6. The number of amides is 1. The van der Waals surface area contributed by atoms with E-state index in [1.807, 2.05) is 4.72 Å². The molecule has 10 heteroatoms. The van der Waals surface area contributed by atoms with Crippen molar-refractivity contribution in [1.29, 1.82) is 0 Å². The molecular weight excluding hydrogens is 382 g/mol. The molecule has 0 unspecified atom stereocenters. The predicted octanol–water partition coefficient (Wildman–Crippen LogP) is 1.46. The van der Waals surface area contributed by atoms with Crippen LogP contribution in [0.15, 0.2) is 41.2 Å². The highest BCUT2D eigenvalue weighted by molar-refractivity contribution is 7.89. The Labute approximate surface area is 158 Å². The van der Waals surface area contributed by atoms with Gasteiger partial charge in [-0.3, -0.25) is 9.59 Å². The van der Waals surface area contributed by atoms with E-state index in [4.69, 9.17) is 0 Å². The van der Waals surface area contributed by atoms with Crippen LogP contribution in [0.3, 0.4) is 0 Å². The second-order valence-electron chi connectivity index (χ2n) is 6.40. The Morgan fingerprint density at radius 1 is 1.04 bits per heavy atom. The first-order chi connectivity index (χ1) is 13.2. The minimum atomic E-state index is -3.65. The van der Waals surface area contributed by atoms with Crippen LogP contribution in [0.1, 0.15) is 16.2 Å². The lowest BCUT2D eigenvalue weighted by Crippen LogP contribution is -2.29. The van der Waals surface area contributed by atoms with E-state index in [2.05, 4.69) is 19.9 Å². The molecular formula is C18H15N5O4S. The number of imidazole rings is 1.